The summed E-state index contributed by atoms with van der Waals surface area (Å²) in [6.45, 7) is 7.37. The molecule has 2 aromatic rings. The number of hydrogen-bond donors (Lipinski definition) is 1. The molecule has 0 fully saturated rings. The van der Waals surface area contributed by atoms with Gasteiger partial charge in [0.05, 0.1) is 23.0 Å². The van der Waals surface area contributed by atoms with Gasteiger partial charge in [0, 0.05) is 7.05 Å². The fourth-order valence-corrected chi connectivity index (χ4v) is 2.63. The quantitative estimate of drug-likeness (QED) is 0.908. The van der Waals surface area contributed by atoms with Gasteiger partial charge < -0.3 is 5.32 Å². The normalized spacial score (nSPS) is 12.7. The molecule has 0 saturated carbocycles. The van der Waals surface area contributed by atoms with Crippen molar-refractivity contribution in [1.82, 2.24) is 15.1 Å². The highest BCUT2D eigenvalue weighted by Crippen LogP contribution is 2.28. The summed E-state index contributed by atoms with van der Waals surface area (Å²) in [5.41, 5.74) is 4.85. The van der Waals surface area contributed by atoms with Crippen LogP contribution in [0.3, 0.4) is 0 Å². The number of aromatic nitrogens is 2. The van der Waals surface area contributed by atoms with Gasteiger partial charge in [-0.15, -0.1) is 0 Å². The summed E-state index contributed by atoms with van der Waals surface area (Å²) < 4.78 is 1.85. The van der Waals surface area contributed by atoms with Gasteiger partial charge in [-0.1, -0.05) is 36.7 Å². The van der Waals surface area contributed by atoms with Crippen molar-refractivity contribution in [3.8, 4) is 0 Å². The highest BCUT2D eigenvalue weighted by molar-refractivity contribution is 6.31. The van der Waals surface area contributed by atoms with Crippen molar-refractivity contribution in [2.45, 2.75) is 33.2 Å². The molecule has 3 nitrogen and oxygen atoms in total. The van der Waals surface area contributed by atoms with E-state index in [0.717, 1.165) is 18.7 Å². The molecule has 0 spiro atoms. The number of halogens is 1. The van der Waals surface area contributed by atoms with Gasteiger partial charge in [0.15, 0.2) is 0 Å². The van der Waals surface area contributed by atoms with E-state index < -0.39 is 0 Å². The molecule has 2 rings (SSSR count). The molecule has 1 heterocycles. The molecule has 108 valence electrons. The summed E-state index contributed by atoms with van der Waals surface area (Å²) in [4.78, 5) is 0. The van der Waals surface area contributed by atoms with E-state index in [4.69, 9.17) is 11.6 Å². The second kappa shape index (κ2) is 6.42. The van der Waals surface area contributed by atoms with Crippen molar-refractivity contribution < 1.29 is 0 Å². The van der Waals surface area contributed by atoms with E-state index in [1.165, 1.54) is 16.7 Å². The molecule has 1 atom stereocenters. The number of rotatable bonds is 5. The SMILES string of the molecule is CCCNC(c1ccc(C)c(C)c1)c1c(Cl)cnn1C. The molecule has 0 bridgehead atoms. The monoisotopic (exact) mass is 291 g/mol. The van der Waals surface area contributed by atoms with Crippen molar-refractivity contribution in [2.75, 3.05) is 6.54 Å². The maximum absolute atomic E-state index is 6.32. The van der Waals surface area contributed by atoms with Crippen LogP contribution >= 0.6 is 11.6 Å². The van der Waals surface area contributed by atoms with Crippen LogP contribution in [0.2, 0.25) is 5.02 Å². The Kier molecular flexibility index (Phi) is 4.84. The van der Waals surface area contributed by atoms with Crippen LogP contribution in [0.5, 0.6) is 0 Å². The second-order valence-corrected chi connectivity index (χ2v) is 5.64. The van der Waals surface area contributed by atoms with Crippen LogP contribution in [0, 0.1) is 13.8 Å². The summed E-state index contributed by atoms with van der Waals surface area (Å²) >= 11 is 6.32. The van der Waals surface area contributed by atoms with Gasteiger partial charge in [0.25, 0.3) is 0 Å². The lowest BCUT2D eigenvalue weighted by Crippen LogP contribution is -2.25. The Labute approximate surface area is 126 Å². The van der Waals surface area contributed by atoms with E-state index in [1.54, 1.807) is 6.20 Å². The smallest absolute Gasteiger partial charge is 0.0837 e. The first-order chi connectivity index (χ1) is 9.54. The Balaban J connectivity index is 2.44. The number of hydrogen-bond acceptors (Lipinski definition) is 2. The minimum absolute atomic E-state index is 0.0780. The summed E-state index contributed by atoms with van der Waals surface area (Å²) in [6, 6.07) is 6.63. The standard InChI is InChI=1S/C16H22ClN3/c1-5-8-18-15(16-14(17)10-19-20(16)4)13-7-6-11(2)12(3)9-13/h6-7,9-10,15,18H,5,8H2,1-4H3. The third-order valence-corrected chi connectivity index (χ3v) is 3.97. The van der Waals surface area contributed by atoms with Crippen LogP contribution in [-0.4, -0.2) is 16.3 Å². The van der Waals surface area contributed by atoms with Crippen molar-refractivity contribution in [3.63, 3.8) is 0 Å². The predicted octanol–water partition coefficient (Wildman–Crippen LogP) is 3.78. The molecule has 20 heavy (non-hydrogen) atoms. The minimum atomic E-state index is 0.0780. The fourth-order valence-electron chi connectivity index (χ4n) is 2.35. The van der Waals surface area contributed by atoms with E-state index in [2.05, 4.69) is 49.4 Å². The molecule has 1 N–H and O–H groups in total. The zero-order valence-electron chi connectivity index (χ0n) is 12.6. The van der Waals surface area contributed by atoms with Gasteiger partial charge in [-0.3, -0.25) is 4.68 Å². The fraction of sp³-hybridized carbons (Fsp3) is 0.438. The van der Waals surface area contributed by atoms with Gasteiger partial charge in [-0.25, -0.2) is 0 Å². The maximum atomic E-state index is 6.32. The van der Waals surface area contributed by atoms with E-state index in [1.807, 2.05) is 11.7 Å². The van der Waals surface area contributed by atoms with Crippen LogP contribution in [0.15, 0.2) is 24.4 Å². The first-order valence-electron chi connectivity index (χ1n) is 7.02. The van der Waals surface area contributed by atoms with Crippen LogP contribution in [0.1, 0.15) is 41.8 Å². The summed E-state index contributed by atoms with van der Waals surface area (Å²) in [6.07, 6.45) is 2.79. The van der Waals surface area contributed by atoms with Crippen molar-refractivity contribution in [1.29, 1.82) is 0 Å². The Hall–Kier alpha value is -1.32. The van der Waals surface area contributed by atoms with Gasteiger partial charge >= 0.3 is 0 Å². The van der Waals surface area contributed by atoms with Crippen LogP contribution in [0.4, 0.5) is 0 Å². The molecule has 1 unspecified atom stereocenters. The lowest BCUT2D eigenvalue weighted by atomic mass is 9.98. The topological polar surface area (TPSA) is 29.9 Å². The molecule has 0 aliphatic heterocycles. The second-order valence-electron chi connectivity index (χ2n) is 5.23. The molecule has 1 aromatic carbocycles. The first-order valence-corrected chi connectivity index (χ1v) is 7.40. The highest BCUT2D eigenvalue weighted by Gasteiger charge is 2.20. The minimum Gasteiger partial charge on any atom is -0.305 e. The van der Waals surface area contributed by atoms with E-state index in [-0.39, 0.29) is 6.04 Å². The van der Waals surface area contributed by atoms with Gasteiger partial charge in [-0.2, -0.15) is 5.10 Å². The third-order valence-electron chi connectivity index (χ3n) is 3.67. The zero-order chi connectivity index (χ0) is 14.7. The van der Waals surface area contributed by atoms with Gasteiger partial charge in [0.2, 0.25) is 0 Å². The lowest BCUT2D eigenvalue weighted by molar-refractivity contribution is 0.553. The number of aryl methyl sites for hydroxylation is 3. The Morgan fingerprint density at radius 3 is 2.60 bits per heavy atom. The molecule has 0 amide bonds. The first kappa shape index (κ1) is 15.1. The number of benzene rings is 1. The molecule has 1 aromatic heterocycles. The largest absolute Gasteiger partial charge is 0.305 e. The van der Waals surface area contributed by atoms with E-state index >= 15 is 0 Å². The Morgan fingerprint density at radius 1 is 1.30 bits per heavy atom. The Morgan fingerprint density at radius 2 is 2.05 bits per heavy atom. The van der Waals surface area contributed by atoms with Crippen LogP contribution < -0.4 is 5.32 Å². The number of nitrogens with one attached hydrogen (secondary N) is 1. The molecule has 0 aliphatic carbocycles. The Bertz CT molecular complexity index is 570. The summed E-state index contributed by atoms with van der Waals surface area (Å²) in [5.74, 6) is 0. The molecule has 4 heteroatoms. The predicted molar refractivity (Wildman–Crippen MR) is 84.3 cm³/mol. The van der Waals surface area contributed by atoms with Gasteiger partial charge in [-0.05, 0) is 43.5 Å². The van der Waals surface area contributed by atoms with E-state index in [9.17, 15) is 0 Å². The molecule has 0 radical (unpaired) electrons. The molecule has 0 aliphatic rings. The lowest BCUT2D eigenvalue weighted by Gasteiger charge is -2.21. The van der Waals surface area contributed by atoms with Crippen molar-refractivity contribution in [2.24, 2.45) is 7.05 Å². The zero-order valence-corrected chi connectivity index (χ0v) is 13.3. The summed E-state index contributed by atoms with van der Waals surface area (Å²) in [7, 11) is 1.93. The molecular formula is C16H22ClN3. The number of nitrogens with zero attached hydrogens (tertiary/aromatic N) is 2. The van der Waals surface area contributed by atoms with E-state index in [0.29, 0.717) is 5.02 Å². The highest BCUT2D eigenvalue weighted by atomic mass is 35.5. The average Bonchev–Trinajstić information content (AvgIpc) is 2.75. The average molecular weight is 292 g/mol. The van der Waals surface area contributed by atoms with Crippen LogP contribution in [0.25, 0.3) is 0 Å². The van der Waals surface area contributed by atoms with Crippen molar-refractivity contribution >= 4 is 11.6 Å². The third kappa shape index (κ3) is 3.05. The van der Waals surface area contributed by atoms with Gasteiger partial charge in [0.1, 0.15) is 0 Å². The van der Waals surface area contributed by atoms with Crippen LogP contribution in [-0.2, 0) is 7.05 Å². The summed E-state index contributed by atoms with van der Waals surface area (Å²) in [5, 5.41) is 8.53. The molecule has 0 saturated heterocycles. The van der Waals surface area contributed by atoms with Crippen molar-refractivity contribution in [3.05, 3.63) is 51.8 Å². The maximum Gasteiger partial charge on any atom is 0.0837 e. The molecular weight excluding hydrogens is 270 g/mol.